The number of alkyl halides is 2. The number of ether oxygens (including phenoxy) is 1. The van der Waals surface area contributed by atoms with Gasteiger partial charge in [-0.05, 0) is 18.7 Å². The highest BCUT2D eigenvalue weighted by Crippen LogP contribution is 2.14. The highest BCUT2D eigenvalue weighted by Gasteiger charge is 2.07. The van der Waals surface area contributed by atoms with E-state index in [1.54, 1.807) is 6.07 Å². The van der Waals surface area contributed by atoms with Gasteiger partial charge in [0.15, 0.2) is 0 Å². The minimum absolute atomic E-state index is 0.00956. The Hall–Kier alpha value is -1.53. The summed E-state index contributed by atoms with van der Waals surface area (Å²) in [5.41, 5.74) is 1.68. The molecule has 6 heteroatoms. The first-order valence-corrected chi connectivity index (χ1v) is 6.01. The molecule has 0 bridgehead atoms. The molecule has 1 aromatic rings. The predicted molar refractivity (Wildman–Crippen MR) is 69.3 cm³/mol. The van der Waals surface area contributed by atoms with Crippen molar-refractivity contribution in [3.05, 3.63) is 29.8 Å². The SMILES string of the molecule is CNCc1ccccc1NC(=O)CCOCC(F)F. The largest absolute Gasteiger partial charge is 0.375 e. The number of halogens is 2. The highest BCUT2D eigenvalue weighted by molar-refractivity contribution is 5.91. The van der Waals surface area contributed by atoms with Crippen molar-refractivity contribution in [2.24, 2.45) is 0 Å². The van der Waals surface area contributed by atoms with Gasteiger partial charge in [0.05, 0.1) is 13.0 Å². The fraction of sp³-hybridized carbons (Fsp3) is 0.462. The predicted octanol–water partition coefficient (Wildman–Crippen LogP) is 2.02. The number of anilines is 1. The average molecular weight is 272 g/mol. The lowest BCUT2D eigenvalue weighted by Crippen LogP contribution is -2.17. The van der Waals surface area contributed by atoms with E-state index in [9.17, 15) is 13.6 Å². The molecule has 4 nitrogen and oxygen atoms in total. The molecule has 106 valence electrons. The van der Waals surface area contributed by atoms with Gasteiger partial charge in [-0.2, -0.15) is 0 Å². The first kappa shape index (κ1) is 15.5. The smallest absolute Gasteiger partial charge is 0.261 e. The number of carbonyl (C=O) groups is 1. The number of amides is 1. The third-order valence-electron chi connectivity index (χ3n) is 2.38. The third-order valence-corrected chi connectivity index (χ3v) is 2.38. The minimum atomic E-state index is -2.50. The summed E-state index contributed by atoms with van der Waals surface area (Å²) in [4.78, 5) is 11.6. The number of rotatable bonds is 8. The molecule has 1 rings (SSSR count). The number of hydrogen-bond donors (Lipinski definition) is 2. The van der Waals surface area contributed by atoms with Crippen molar-refractivity contribution in [1.29, 1.82) is 0 Å². The highest BCUT2D eigenvalue weighted by atomic mass is 19.3. The molecule has 0 saturated heterocycles. The van der Waals surface area contributed by atoms with Crippen molar-refractivity contribution in [3.63, 3.8) is 0 Å². The molecule has 0 aliphatic carbocycles. The van der Waals surface area contributed by atoms with Crippen molar-refractivity contribution < 1.29 is 18.3 Å². The van der Waals surface area contributed by atoms with Crippen molar-refractivity contribution in [1.82, 2.24) is 5.32 Å². The molecule has 0 heterocycles. The van der Waals surface area contributed by atoms with E-state index < -0.39 is 13.0 Å². The van der Waals surface area contributed by atoms with Crippen molar-refractivity contribution in [2.45, 2.75) is 19.4 Å². The van der Waals surface area contributed by atoms with E-state index in [1.807, 2.05) is 25.2 Å². The number of para-hydroxylation sites is 1. The Labute approximate surface area is 111 Å². The monoisotopic (exact) mass is 272 g/mol. The van der Waals surface area contributed by atoms with E-state index in [0.717, 1.165) is 11.3 Å². The van der Waals surface area contributed by atoms with Crippen molar-refractivity contribution in [2.75, 3.05) is 25.6 Å². The number of hydrogen-bond acceptors (Lipinski definition) is 3. The van der Waals surface area contributed by atoms with Crippen LogP contribution in [0, 0.1) is 0 Å². The van der Waals surface area contributed by atoms with Crippen LogP contribution in [0.25, 0.3) is 0 Å². The van der Waals surface area contributed by atoms with Crippen LogP contribution in [-0.4, -0.2) is 32.6 Å². The first-order chi connectivity index (χ1) is 9.13. The maximum Gasteiger partial charge on any atom is 0.261 e. The van der Waals surface area contributed by atoms with Crippen LogP contribution < -0.4 is 10.6 Å². The van der Waals surface area contributed by atoms with Crippen LogP contribution in [0.3, 0.4) is 0 Å². The molecule has 0 aliphatic rings. The Morgan fingerprint density at radius 2 is 2.11 bits per heavy atom. The average Bonchev–Trinajstić information content (AvgIpc) is 2.37. The summed E-state index contributed by atoms with van der Waals surface area (Å²) >= 11 is 0. The van der Waals surface area contributed by atoms with Gasteiger partial charge in [-0.3, -0.25) is 4.79 Å². The van der Waals surface area contributed by atoms with Crippen LogP contribution in [0.1, 0.15) is 12.0 Å². The molecule has 0 saturated carbocycles. The van der Waals surface area contributed by atoms with E-state index in [4.69, 9.17) is 0 Å². The molecule has 0 unspecified atom stereocenters. The lowest BCUT2D eigenvalue weighted by Gasteiger charge is -2.10. The van der Waals surface area contributed by atoms with Gasteiger partial charge in [0.2, 0.25) is 5.91 Å². The molecule has 0 aliphatic heterocycles. The summed E-state index contributed by atoms with van der Waals surface area (Å²) < 4.78 is 28.3. The Kier molecular flexibility index (Phi) is 6.99. The summed E-state index contributed by atoms with van der Waals surface area (Å²) in [5, 5.41) is 5.74. The summed E-state index contributed by atoms with van der Waals surface area (Å²) in [6.45, 7) is -0.00761. The second-order valence-corrected chi connectivity index (χ2v) is 3.95. The minimum Gasteiger partial charge on any atom is -0.375 e. The summed E-state index contributed by atoms with van der Waals surface area (Å²) in [5.74, 6) is -0.252. The van der Waals surface area contributed by atoms with Gasteiger partial charge in [-0.15, -0.1) is 0 Å². The topological polar surface area (TPSA) is 50.4 Å². The van der Waals surface area contributed by atoms with Crippen LogP contribution in [-0.2, 0) is 16.1 Å². The van der Waals surface area contributed by atoms with Crippen LogP contribution in [0.4, 0.5) is 14.5 Å². The number of carbonyl (C=O) groups excluding carboxylic acids is 1. The Bertz CT molecular complexity index is 400. The quantitative estimate of drug-likeness (QED) is 0.712. The van der Waals surface area contributed by atoms with E-state index in [1.165, 1.54) is 0 Å². The lowest BCUT2D eigenvalue weighted by molar-refractivity contribution is -0.117. The van der Waals surface area contributed by atoms with Gasteiger partial charge in [-0.25, -0.2) is 8.78 Å². The molecule has 0 radical (unpaired) electrons. The van der Waals surface area contributed by atoms with Gasteiger partial charge in [0.1, 0.15) is 6.61 Å². The summed E-state index contributed by atoms with van der Waals surface area (Å²) in [6, 6.07) is 7.40. The molecular weight excluding hydrogens is 254 g/mol. The fourth-order valence-electron chi connectivity index (χ4n) is 1.54. The fourth-order valence-corrected chi connectivity index (χ4v) is 1.54. The molecule has 2 N–H and O–H groups in total. The maximum absolute atomic E-state index is 11.8. The number of benzene rings is 1. The first-order valence-electron chi connectivity index (χ1n) is 6.01. The Morgan fingerprint density at radius 3 is 2.79 bits per heavy atom. The molecule has 1 amide bonds. The zero-order valence-corrected chi connectivity index (χ0v) is 10.8. The lowest BCUT2D eigenvalue weighted by atomic mass is 10.1. The number of nitrogens with one attached hydrogen (secondary N) is 2. The van der Waals surface area contributed by atoms with Crippen molar-refractivity contribution >= 4 is 11.6 Å². The van der Waals surface area contributed by atoms with Gasteiger partial charge in [0.25, 0.3) is 6.43 Å². The van der Waals surface area contributed by atoms with E-state index in [-0.39, 0.29) is 18.9 Å². The molecule has 19 heavy (non-hydrogen) atoms. The van der Waals surface area contributed by atoms with Gasteiger partial charge in [-0.1, -0.05) is 18.2 Å². The van der Waals surface area contributed by atoms with Crippen LogP contribution in [0.15, 0.2) is 24.3 Å². The normalized spacial score (nSPS) is 10.7. The second-order valence-electron chi connectivity index (χ2n) is 3.95. The Balaban J connectivity index is 2.39. The molecule has 0 fully saturated rings. The van der Waals surface area contributed by atoms with Gasteiger partial charge >= 0.3 is 0 Å². The molecule has 0 spiro atoms. The van der Waals surface area contributed by atoms with E-state index in [0.29, 0.717) is 6.54 Å². The zero-order valence-electron chi connectivity index (χ0n) is 10.8. The van der Waals surface area contributed by atoms with Gasteiger partial charge < -0.3 is 15.4 Å². The Morgan fingerprint density at radius 1 is 1.37 bits per heavy atom. The second kappa shape index (κ2) is 8.55. The maximum atomic E-state index is 11.8. The van der Waals surface area contributed by atoms with Crippen LogP contribution >= 0.6 is 0 Å². The molecule has 1 aromatic carbocycles. The standard InChI is InChI=1S/C13H18F2N2O2/c1-16-8-10-4-2-3-5-11(10)17-13(18)6-7-19-9-12(14)15/h2-5,12,16H,6-9H2,1H3,(H,17,18). The van der Waals surface area contributed by atoms with E-state index in [2.05, 4.69) is 15.4 Å². The third kappa shape index (κ3) is 6.26. The summed E-state index contributed by atoms with van der Waals surface area (Å²) in [6.07, 6.45) is -2.44. The van der Waals surface area contributed by atoms with Crippen LogP contribution in [0.5, 0.6) is 0 Å². The van der Waals surface area contributed by atoms with Crippen molar-refractivity contribution in [3.8, 4) is 0 Å². The zero-order chi connectivity index (χ0) is 14.1. The van der Waals surface area contributed by atoms with Gasteiger partial charge in [0, 0.05) is 12.2 Å². The molecular formula is C13H18F2N2O2. The van der Waals surface area contributed by atoms with Crippen LogP contribution in [0.2, 0.25) is 0 Å². The summed E-state index contributed by atoms with van der Waals surface area (Å²) in [7, 11) is 1.82. The molecule has 0 aromatic heterocycles. The van der Waals surface area contributed by atoms with E-state index >= 15 is 0 Å². The molecule has 0 atom stereocenters.